The van der Waals surface area contributed by atoms with Crippen LogP contribution in [0.2, 0.25) is 0 Å². The topological polar surface area (TPSA) is 180 Å². The maximum Gasteiger partial charge on any atom is 0.469 e. The summed E-state index contributed by atoms with van der Waals surface area (Å²) in [5, 5.41) is 31.1. The lowest BCUT2D eigenvalue weighted by atomic mass is 9.89. The van der Waals surface area contributed by atoms with E-state index < -0.39 is 50.8 Å². The van der Waals surface area contributed by atoms with Crippen LogP contribution >= 0.6 is 7.82 Å². The molecular formula is C35H63O11P. The Morgan fingerprint density at radius 2 is 1.43 bits per heavy atom. The molecule has 12 heteroatoms. The summed E-state index contributed by atoms with van der Waals surface area (Å²) in [6.07, 6.45) is 20.1. The second-order valence-corrected chi connectivity index (χ2v) is 14.1. The second-order valence-electron chi connectivity index (χ2n) is 12.8. The lowest BCUT2D eigenvalue weighted by Gasteiger charge is -2.19. The number of esters is 2. The molecule has 0 saturated heterocycles. The molecule has 0 bridgehead atoms. The van der Waals surface area contributed by atoms with E-state index in [1.165, 1.54) is 32.1 Å². The van der Waals surface area contributed by atoms with E-state index in [-0.39, 0.29) is 37.7 Å². The standard InChI is InChI=1S/C35H63O11P/c1-3-5-7-8-9-10-11-12-17-21-34(39)44-26-29(27-45-47(41,42)43)46-35(40)22-18-14-13-16-20-30-31(33(38)25-32(30)37)24-23-28(36)19-15-6-4-2/h13,16,23-24,28-33,36-38H,3-12,14-15,17-22,25-27H2,1-2H3,(H2,41,42,43)/b16-13+,24-23+/t28-,29+,30+,31+,32-,33+/m0/s1. The number of hydrogen-bond donors (Lipinski definition) is 5. The molecule has 274 valence electrons. The summed E-state index contributed by atoms with van der Waals surface area (Å²) < 4.78 is 26.2. The zero-order valence-electron chi connectivity index (χ0n) is 28.8. The quantitative estimate of drug-likeness (QED) is 0.0264. The monoisotopic (exact) mass is 690 g/mol. The molecule has 0 aliphatic heterocycles. The summed E-state index contributed by atoms with van der Waals surface area (Å²) in [6, 6.07) is 0. The number of phosphoric acid groups is 1. The van der Waals surface area contributed by atoms with Crippen LogP contribution in [0.25, 0.3) is 0 Å². The van der Waals surface area contributed by atoms with Crippen LogP contribution < -0.4 is 0 Å². The molecule has 0 aromatic carbocycles. The van der Waals surface area contributed by atoms with Gasteiger partial charge in [0.1, 0.15) is 6.61 Å². The Hall–Kier alpha value is -1.59. The summed E-state index contributed by atoms with van der Waals surface area (Å²) in [6.45, 7) is 3.33. The van der Waals surface area contributed by atoms with E-state index in [9.17, 15) is 29.5 Å². The molecule has 0 spiro atoms. The Morgan fingerprint density at radius 3 is 2.09 bits per heavy atom. The summed E-state index contributed by atoms with van der Waals surface area (Å²) in [5.74, 6) is -1.50. The fraction of sp³-hybridized carbons (Fsp3) is 0.829. The summed E-state index contributed by atoms with van der Waals surface area (Å²) in [4.78, 5) is 42.7. The first-order valence-corrected chi connectivity index (χ1v) is 19.4. The van der Waals surface area contributed by atoms with Crippen molar-refractivity contribution >= 4 is 19.8 Å². The molecule has 1 saturated carbocycles. The van der Waals surface area contributed by atoms with Crippen LogP contribution in [0.5, 0.6) is 0 Å². The lowest BCUT2D eigenvalue weighted by molar-refractivity contribution is -0.161. The molecular weight excluding hydrogens is 627 g/mol. The van der Waals surface area contributed by atoms with Gasteiger partial charge in [-0.1, -0.05) is 109 Å². The van der Waals surface area contributed by atoms with Crippen molar-refractivity contribution in [2.45, 2.75) is 160 Å². The van der Waals surface area contributed by atoms with Gasteiger partial charge in [-0.25, -0.2) is 4.57 Å². The molecule has 47 heavy (non-hydrogen) atoms. The zero-order chi connectivity index (χ0) is 34.9. The molecule has 0 heterocycles. The molecule has 1 fully saturated rings. The van der Waals surface area contributed by atoms with Gasteiger partial charge in [0, 0.05) is 25.2 Å². The normalized spacial score (nSPS) is 21.4. The molecule has 0 aromatic rings. The van der Waals surface area contributed by atoms with E-state index in [0.717, 1.165) is 38.5 Å². The number of rotatable bonds is 28. The van der Waals surface area contributed by atoms with Gasteiger partial charge in [-0.2, -0.15) is 0 Å². The van der Waals surface area contributed by atoms with Gasteiger partial charge < -0.3 is 34.6 Å². The van der Waals surface area contributed by atoms with Crippen molar-refractivity contribution < 1.29 is 53.3 Å². The number of aliphatic hydroxyl groups is 3. The maximum absolute atomic E-state index is 12.4. The number of phosphoric ester groups is 1. The smallest absolute Gasteiger partial charge is 0.462 e. The highest BCUT2D eigenvalue weighted by Gasteiger charge is 2.39. The molecule has 1 aliphatic carbocycles. The number of allylic oxidation sites excluding steroid dienone is 2. The summed E-state index contributed by atoms with van der Waals surface area (Å²) in [5.41, 5.74) is 0. The van der Waals surface area contributed by atoms with Gasteiger partial charge in [0.05, 0.1) is 24.9 Å². The molecule has 11 nitrogen and oxygen atoms in total. The van der Waals surface area contributed by atoms with Gasteiger partial charge in [-0.05, 0) is 38.0 Å². The average molecular weight is 691 g/mol. The third kappa shape index (κ3) is 22.6. The number of ether oxygens (including phenoxy) is 2. The van der Waals surface area contributed by atoms with Gasteiger partial charge >= 0.3 is 19.8 Å². The number of carbonyl (C=O) groups excluding carboxylic acids is 2. The Morgan fingerprint density at radius 1 is 0.809 bits per heavy atom. The Labute approximate surface area is 282 Å². The zero-order valence-corrected chi connectivity index (χ0v) is 29.6. The highest BCUT2D eigenvalue weighted by Crippen LogP contribution is 2.37. The van der Waals surface area contributed by atoms with Gasteiger partial charge in [0.2, 0.25) is 0 Å². The fourth-order valence-corrected chi connectivity index (χ4v) is 6.14. The van der Waals surface area contributed by atoms with E-state index in [2.05, 4.69) is 18.4 Å². The Kier molecular flexibility index (Phi) is 24.3. The molecule has 1 aliphatic rings. The van der Waals surface area contributed by atoms with E-state index >= 15 is 0 Å². The average Bonchev–Trinajstić information content (AvgIpc) is 3.29. The third-order valence-electron chi connectivity index (χ3n) is 8.54. The SMILES string of the molecule is CCCCCCCCCCCC(=O)OC[C@H](COP(=O)(O)O)OC(=O)CCC/C=C/C[C@@H]1[C@@H](/C=C/[C@@H](O)CCCCC)[C@H](O)C[C@@H]1O. The second kappa shape index (κ2) is 26.3. The fourth-order valence-electron chi connectivity index (χ4n) is 5.78. The molecule has 6 atom stereocenters. The van der Waals surface area contributed by atoms with E-state index in [0.29, 0.717) is 32.1 Å². The van der Waals surface area contributed by atoms with Gasteiger partial charge in [-0.15, -0.1) is 0 Å². The van der Waals surface area contributed by atoms with Crippen LogP contribution in [0.3, 0.4) is 0 Å². The van der Waals surface area contributed by atoms with Gasteiger partial charge in [-0.3, -0.25) is 14.1 Å². The first kappa shape index (κ1) is 43.4. The van der Waals surface area contributed by atoms with Crippen molar-refractivity contribution in [2.24, 2.45) is 11.8 Å². The van der Waals surface area contributed by atoms with E-state index in [1.54, 1.807) is 6.08 Å². The van der Waals surface area contributed by atoms with Crippen LogP contribution in [0.15, 0.2) is 24.3 Å². The van der Waals surface area contributed by atoms with Crippen molar-refractivity contribution in [1.82, 2.24) is 0 Å². The van der Waals surface area contributed by atoms with Crippen LogP contribution in [0, 0.1) is 11.8 Å². The van der Waals surface area contributed by atoms with Crippen molar-refractivity contribution in [3.05, 3.63) is 24.3 Å². The first-order chi connectivity index (χ1) is 22.5. The Bertz CT molecular complexity index is 934. The number of aliphatic hydroxyl groups excluding tert-OH is 3. The summed E-state index contributed by atoms with van der Waals surface area (Å²) in [7, 11) is -4.81. The first-order valence-electron chi connectivity index (χ1n) is 17.9. The molecule has 0 unspecified atom stereocenters. The number of unbranched alkanes of at least 4 members (excludes halogenated alkanes) is 11. The van der Waals surface area contributed by atoms with Crippen molar-refractivity contribution in [1.29, 1.82) is 0 Å². The largest absolute Gasteiger partial charge is 0.469 e. The van der Waals surface area contributed by atoms with Crippen molar-refractivity contribution in [3.63, 3.8) is 0 Å². The lowest BCUT2D eigenvalue weighted by Crippen LogP contribution is -2.29. The van der Waals surface area contributed by atoms with Crippen molar-refractivity contribution in [2.75, 3.05) is 13.2 Å². The number of carbonyl (C=O) groups is 2. The third-order valence-corrected chi connectivity index (χ3v) is 9.03. The molecule has 0 aromatic heterocycles. The van der Waals surface area contributed by atoms with E-state index in [1.807, 2.05) is 18.2 Å². The Balaban J connectivity index is 2.41. The minimum absolute atomic E-state index is 0.0369. The predicted octanol–water partition coefficient (Wildman–Crippen LogP) is 6.44. The highest BCUT2D eigenvalue weighted by atomic mass is 31.2. The van der Waals surface area contributed by atoms with Gasteiger partial charge in [0.15, 0.2) is 6.10 Å². The van der Waals surface area contributed by atoms with Crippen molar-refractivity contribution in [3.8, 4) is 0 Å². The summed E-state index contributed by atoms with van der Waals surface area (Å²) >= 11 is 0. The molecule has 5 N–H and O–H groups in total. The van der Waals surface area contributed by atoms with Crippen LogP contribution in [0.4, 0.5) is 0 Å². The molecule has 0 radical (unpaired) electrons. The number of hydrogen-bond acceptors (Lipinski definition) is 9. The minimum atomic E-state index is -4.81. The maximum atomic E-state index is 12.4. The van der Waals surface area contributed by atoms with Crippen LogP contribution in [-0.4, -0.2) is 74.7 Å². The predicted molar refractivity (Wildman–Crippen MR) is 181 cm³/mol. The highest BCUT2D eigenvalue weighted by molar-refractivity contribution is 7.46. The minimum Gasteiger partial charge on any atom is -0.462 e. The van der Waals surface area contributed by atoms with Gasteiger partial charge in [0.25, 0.3) is 0 Å². The van der Waals surface area contributed by atoms with E-state index in [4.69, 9.17) is 19.3 Å². The molecule has 1 rings (SSSR count). The molecule has 0 amide bonds. The van der Waals surface area contributed by atoms with Crippen LogP contribution in [0.1, 0.15) is 136 Å². The van der Waals surface area contributed by atoms with Crippen LogP contribution in [-0.2, 0) is 28.2 Å².